The van der Waals surface area contributed by atoms with Crippen molar-refractivity contribution in [2.24, 2.45) is 0 Å². The monoisotopic (exact) mass is 267 g/mol. The van der Waals surface area contributed by atoms with Gasteiger partial charge in [0.1, 0.15) is 6.54 Å². The van der Waals surface area contributed by atoms with E-state index in [4.69, 9.17) is 5.11 Å². The molecule has 19 heavy (non-hydrogen) atoms. The first kappa shape index (κ1) is 12.7. The van der Waals surface area contributed by atoms with Gasteiger partial charge in [-0.25, -0.2) is 4.79 Å². The molecule has 2 amide bonds. The maximum absolute atomic E-state index is 12.2. The summed E-state index contributed by atoms with van der Waals surface area (Å²) < 4.78 is 0. The number of carbonyl (C=O) groups is 2. The van der Waals surface area contributed by atoms with Gasteiger partial charge in [0.2, 0.25) is 0 Å². The first-order valence-electron chi connectivity index (χ1n) is 7.18. The van der Waals surface area contributed by atoms with Crippen LogP contribution in [0.4, 0.5) is 4.79 Å². The molecule has 2 unspecified atom stereocenters. The summed E-state index contributed by atoms with van der Waals surface area (Å²) in [6.07, 6.45) is 5.20. The maximum atomic E-state index is 12.2. The Morgan fingerprint density at radius 1 is 1.21 bits per heavy atom. The first-order chi connectivity index (χ1) is 9.15. The second-order valence-electron chi connectivity index (χ2n) is 5.84. The number of hydrogen-bond donors (Lipinski definition) is 2. The largest absolute Gasteiger partial charge is 0.480 e. The topological polar surface area (TPSA) is 72.9 Å². The average Bonchev–Trinajstić information content (AvgIpc) is 2.96. The number of hydrogen-bond acceptors (Lipinski definition) is 3. The molecule has 1 saturated carbocycles. The fraction of sp³-hybridized carbons (Fsp3) is 0.846. The lowest BCUT2D eigenvalue weighted by atomic mass is 10.1. The number of carbonyl (C=O) groups excluding carboxylic acids is 1. The van der Waals surface area contributed by atoms with Crippen molar-refractivity contribution in [2.75, 3.05) is 19.6 Å². The van der Waals surface area contributed by atoms with Gasteiger partial charge in [0, 0.05) is 24.7 Å². The highest BCUT2D eigenvalue weighted by atomic mass is 16.4. The molecular formula is C13H21N3O3. The minimum absolute atomic E-state index is 0.136. The standard InChI is InChI=1S/C13H21N3O3/c17-12(18)8-16(9-3-4-9)13(19)14-10-5-7-15-6-1-2-11(10)15/h9-11H,1-8H2,(H,14,19)(H,17,18). The number of carboxylic acids is 1. The minimum atomic E-state index is -0.934. The van der Waals surface area contributed by atoms with E-state index < -0.39 is 5.97 Å². The average molecular weight is 267 g/mol. The number of rotatable bonds is 4. The fourth-order valence-electron chi connectivity index (χ4n) is 3.39. The Hall–Kier alpha value is -1.30. The van der Waals surface area contributed by atoms with Crippen LogP contribution in [0.1, 0.15) is 32.1 Å². The summed E-state index contributed by atoms with van der Waals surface area (Å²) in [5.74, 6) is -0.934. The summed E-state index contributed by atoms with van der Waals surface area (Å²) in [6, 6.07) is 0.612. The molecule has 1 aliphatic carbocycles. The third-order valence-electron chi connectivity index (χ3n) is 4.47. The van der Waals surface area contributed by atoms with Crippen LogP contribution in [0.15, 0.2) is 0 Å². The van der Waals surface area contributed by atoms with E-state index in [1.165, 1.54) is 11.3 Å². The smallest absolute Gasteiger partial charge is 0.323 e. The Morgan fingerprint density at radius 2 is 2.00 bits per heavy atom. The van der Waals surface area contributed by atoms with E-state index in [1.807, 2.05) is 0 Å². The van der Waals surface area contributed by atoms with Crippen LogP contribution in [-0.4, -0.2) is 64.7 Å². The lowest BCUT2D eigenvalue weighted by Gasteiger charge is -2.26. The predicted octanol–water partition coefficient (Wildman–Crippen LogP) is 0.482. The van der Waals surface area contributed by atoms with E-state index >= 15 is 0 Å². The van der Waals surface area contributed by atoms with Crippen LogP contribution in [0, 0.1) is 0 Å². The molecule has 0 aromatic heterocycles. The summed E-state index contributed by atoms with van der Waals surface area (Å²) >= 11 is 0. The maximum Gasteiger partial charge on any atom is 0.323 e. The van der Waals surface area contributed by atoms with Crippen molar-refractivity contribution >= 4 is 12.0 Å². The van der Waals surface area contributed by atoms with Gasteiger partial charge in [0.15, 0.2) is 0 Å². The van der Waals surface area contributed by atoms with E-state index in [0.29, 0.717) is 6.04 Å². The van der Waals surface area contributed by atoms with Crippen LogP contribution in [0.2, 0.25) is 0 Å². The van der Waals surface area contributed by atoms with Crippen molar-refractivity contribution in [1.29, 1.82) is 0 Å². The van der Waals surface area contributed by atoms with Gasteiger partial charge in [-0.05, 0) is 38.6 Å². The molecule has 3 fully saturated rings. The highest BCUT2D eigenvalue weighted by molar-refractivity contribution is 5.81. The highest BCUT2D eigenvalue weighted by Crippen LogP contribution is 2.29. The van der Waals surface area contributed by atoms with E-state index in [9.17, 15) is 9.59 Å². The van der Waals surface area contributed by atoms with E-state index in [-0.39, 0.29) is 24.7 Å². The SMILES string of the molecule is O=C(O)CN(C(=O)NC1CCN2CCCC12)C1CC1. The number of nitrogens with one attached hydrogen (secondary N) is 1. The third kappa shape index (κ3) is 2.68. The molecule has 0 bridgehead atoms. The van der Waals surface area contributed by atoms with Crippen molar-refractivity contribution in [3.63, 3.8) is 0 Å². The van der Waals surface area contributed by atoms with Crippen molar-refractivity contribution in [2.45, 2.75) is 50.2 Å². The molecule has 0 spiro atoms. The Bertz CT molecular complexity index is 383. The van der Waals surface area contributed by atoms with Crippen molar-refractivity contribution < 1.29 is 14.7 Å². The lowest BCUT2D eigenvalue weighted by Crippen LogP contribution is -2.50. The fourth-order valence-corrected chi connectivity index (χ4v) is 3.39. The zero-order chi connectivity index (χ0) is 13.4. The van der Waals surface area contributed by atoms with Gasteiger partial charge in [0.05, 0.1) is 0 Å². The van der Waals surface area contributed by atoms with Gasteiger partial charge in [-0.15, -0.1) is 0 Å². The zero-order valence-corrected chi connectivity index (χ0v) is 11.0. The molecule has 0 aromatic rings. The summed E-state index contributed by atoms with van der Waals surface area (Å²) in [7, 11) is 0. The number of carboxylic acid groups (broad SMARTS) is 1. The molecule has 2 heterocycles. The molecular weight excluding hydrogens is 246 g/mol. The number of nitrogens with zero attached hydrogens (tertiary/aromatic N) is 2. The van der Waals surface area contributed by atoms with Crippen molar-refractivity contribution in [1.82, 2.24) is 15.1 Å². The second-order valence-corrected chi connectivity index (χ2v) is 5.84. The summed E-state index contributed by atoms with van der Waals surface area (Å²) in [4.78, 5) is 27.0. The first-order valence-corrected chi connectivity index (χ1v) is 7.18. The van der Waals surface area contributed by atoms with Crippen molar-refractivity contribution in [3.05, 3.63) is 0 Å². The molecule has 3 aliphatic rings. The molecule has 106 valence electrons. The van der Waals surface area contributed by atoms with E-state index in [1.54, 1.807) is 0 Å². The Balaban J connectivity index is 1.58. The van der Waals surface area contributed by atoms with Gasteiger partial charge in [-0.1, -0.05) is 0 Å². The molecule has 2 saturated heterocycles. The molecule has 0 aromatic carbocycles. The number of urea groups is 1. The zero-order valence-electron chi connectivity index (χ0n) is 11.0. The highest BCUT2D eigenvalue weighted by Gasteiger charge is 2.40. The molecule has 2 atom stereocenters. The summed E-state index contributed by atoms with van der Waals surface area (Å²) in [6.45, 7) is 2.01. The van der Waals surface area contributed by atoms with E-state index in [0.717, 1.165) is 38.8 Å². The van der Waals surface area contributed by atoms with Crippen LogP contribution in [0.5, 0.6) is 0 Å². The van der Waals surface area contributed by atoms with Crippen LogP contribution < -0.4 is 5.32 Å². The molecule has 2 N–H and O–H groups in total. The molecule has 3 rings (SSSR count). The van der Waals surface area contributed by atoms with Crippen molar-refractivity contribution in [3.8, 4) is 0 Å². The summed E-state index contributed by atoms with van der Waals surface area (Å²) in [5, 5.41) is 11.9. The Morgan fingerprint density at radius 3 is 2.68 bits per heavy atom. The van der Waals surface area contributed by atoms with Crippen LogP contribution in [0.25, 0.3) is 0 Å². The van der Waals surface area contributed by atoms with Crippen LogP contribution in [0.3, 0.4) is 0 Å². The lowest BCUT2D eigenvalue weighted by molar-refractivity contribution is -0.137. The van der Waals surface area contributed by atoms with E-state index in [2.05, 4.69) is 10.2 Å². The molecule has 2 aliphatic heterocycles. The Kier molecular flexibility index (Phi) is 3.35. The van der Waals surface area contributed by atoms with Gasteiger partial charge >= 0.3 is 12.0 Å². The van der Waals surface area contributed by atoms with Crippen LogP contribution >= 0.6 is 0 Å². The Labute approximate surface area is 112 Å². The normalized spacial score (nSPS) is 30.1. The molecule has 6 heteroatoms. The predicted molar refractivity (Wildman–Crippen MR) is 68.9 cm³/mol. The number of aliphatic carboxylic acids is 1. The quantitative estimate of drug-likeness (QED) is 0.777. The number of amides is 2. The van der Waals surface area contributed by atoms with Gasteiger partial charge in [-0.2, -0.15) is 0 Å². The van der Waals surface area contributed by atoms with Gasteiger partial charge < -0.3 is 15.3 Å². The summed E-state index contributed by atoms with van der Waals surface area (Å²) in [5.41, 5.74) is 0. The van der Waals surface area contributed by atoms with Crippen LogP contribution in [-0.2, 0) is 4.79 Å². The number of fused-ring (bicyclic) bond motifs is 1. The molecule has 0 radical (unpaired) electrons. The van der Waals surface area contributed by atoms with Gasteiger partial charge in [0.25, 0.3) is 0 Å². The van der Waals surface area contributed by atoms with Gasteiger partial charge in [-0.3, -0.25) is 9.69 Å². The second kappa shape index (κ2) is 5.00. The third-order valence-corrected chi connectivity index (χ3v) is 4.47. The minimum Gasteiger partial charge on any atom is -0.480 e. The molecule has 6 nitrogen and oxygen atoms in total.